The van der Waals surface area contributed by atoms with E-state index in [1.54, 1.807) is 18.2 Å². The van der Waals surface area contributed by atoms with E-state index in [0.29, 0.717) is 40.8 Å². The third-order valence-corrected chi connectivity index (χ3v) is 6.83. The van der Waals surface area contributed by atoms with E-state index in [-0.39, 0.29) is 5.39 Å². The van der Waals surface area contributed by atoms with Crippen LogP contribution in [0.2, 0.25) is 0 Å². The minimum absolute atomic E-state index is 0.258. The number of hydrogen-bond donors (Lipinski definition) is 0. The number of rotatable bonds is 5. The summed E-state index contributed by atoms with van der Waals surface area (Å²) < 4.78 is 44.3. The van der Waals surface area contributed by atoms with Gasteiger partial charge in [-0.25, -0.2) is 13.2 Å². The van der Waals surface area contributed by atoms with Gasteiger partial charge < -0.3 is 0 Å². The summed E-state index contributed by atoms with van der Waals surface area (Å²) in [6, 6.07) is 12.9. The highest BCUT2D eigenvalue weighted by molar-refractivity contribution is 5.89. The molecule has 0 spiro atoms. The van der Waals surface area contributed by atoms with Crippen molar-refractivity contribution in [3.63, 3.8) is 0 Å². The first kappa shape index (κ1) is 21.0. The fraction of sp³-hybridized carbons (Fsp3) is 0.407. The molecule has 3 aromatic carbocycles. The molecule has 0 heterocycles. The second-order valence-electron chi connectivity index (χ2n) is 8.69. The van der Waals surface area contributed by atoms with E-state index in [9.17, 15) is 8.78 Å². The monoisotopic (exact) mass is 410 g/mol. The molecule has 1 fully saturated rings. The van der Waals surface area contributed by atoms with Gasteiger partial charge in [0.1, 0.15) is 5.82 Å². The molecule has 0 amide bonds. The Morgan fingerprint density at radius 2 is 1.50 bits per heavy atom. The van der Waals surface area contributed by atoms with Crippen molar-refractivity contribution in [3.05, 3.63) is 71.0 Å². The Bertz CT molecular complexity index is 1030. The van der Waals surface area contributed by atoms with Crippen LogP contribution < -0.4 is 0 Å². The average Bonchev–Trinajstić information content (AvgIpc) is 2.78. The zero-order valence-corrected chi connectivity index (χ0v) is 17.8. The molecule has 0 saturated heterocycles. The molecule has 1 aliphatic rings. The highest BCUT2D eigenvalue weighted by Gasteiger charge is 2.22. The van der Waals surface area contributed by atoms with Crippen LogP contribution in [0.1, 0.15) is 69.4 Å². The molecular weight excluding hydrogens is 381 g/mol. The van der Waals surface area contributed by atoms with Crippen molar-refractivity contribution >= 4 is 10.8 Å². The van der Waals surface area contributed by atoms with Crippen molar-refractivity contribution < 1.29 is 13.2 Å². The summed E-state index contributed by atoms with van der Waals surface area (Å²) in [6.07, 6.45) is 7.34. The fourth-order valence-corrected chi connectivity index (χ4v) is 4.95. The summed E-state index contributed by atoms with van der Waals surface area (Å²) in [7, 11) is 0. The summed E-state index contributed by atoms with van der Waals surface area (Å²) >= 11 is 0. The van der Waals surface area contributed by atoms with Crippen LogP contribution in [0.5, 0.6) is 0 Å². The van der Waals surface area contributed by atoms with Crippen molar-refractivity contribution in [2.24, 2.45) is 5.92 Å². The molecular formula is C27H29F3. The molecule has 0 radical (unpaired) electrons. The van der Waals surface area contributed by atoms with Gasteiger partial charge in [0.15, 0.2) is 11.6 Å². The predicted molar refractivity (Wildman–Crippen MR) is 118 cm³/mol. The SMILES string of the molecule is CCCc1cc2ccc(-c3ccc(C4CCC(CC)CC4)cc3)c(F)c2c(F)c1F. The second kappa shape index (κ2) is 8.83. The molecule has 158 valence electrons. The Morgan fingerprint density at radius 1 is 0.800 bits per heavy atom. The van der Waals surface area contributed by atoms with Crippen LogP contribution in [0.3, 0.4) is 0 Å². The summed E-state index contributed by atoms with van der Waals surface area (Å²) in [4.78, 5) is 0. The number of halogens is 3. The summed E-state index contributed by atoms with van der Waals surface area (Å²) in [5, 5.41) is 0.148. The molecule has 0 N–H and O–H groups in total. The maximum atomic E-state index is 15.2. The number of hydrogen-bond acceptors (Lipinski definition) is 0. The smallest absolute Gasteiger partial charge is 0.169 e. The zero-order chi connectivity index (χ0) is 21.3. The molecule has 3 aromatic rings. The van der Waals surface area contributed by atoms with Crippen LogP contribution in [0, 0.1) is 23.4 Å². The third-order valence-electron chi connectivity index (χ3n) is 6.83. The lowest BCUT2D eigenvalue weighted by molar-refractivity contribution is 0.319. The molecule has 0 aromatic heterocycles. The molecule has 0 nitrogen and oxygen atoms in total. The number of aryl methyl sites for hydroxylation is 1. The van der Waals surface area contributed by atoms with Crippen molar-refractivity contribution in [2.75, 3.05) is 0 Å². The van der Waals surface area contributed by atoms with Gasteiger partial charge in [-0.15, -0.1) is 0 Å². The van der Waals surface area contributed by atoms with Crippen LogP contribution in [-0.4, -0.2) is 0 Å². The molecule has 0 atom stereocenters. The van der Waals surface area contributed by atoms with Gasteiger partial charge >= 0.3 is 0 Å². The van der Waals surface area contributed by atoms with Crippen LogP contribution in [0.4, 0.5) is 13.2 Å². The van der Waals surface area contributed by atoms with Gasteiger partial charge in [-0.05, 0) is 72.1 Å². The van der Waals surface area contributed by atoms with Crippen LogP contribution >= 0.6 is 0 Å². The van der Waals surface area contributed by atoms with Crippen LogP contribution in [0.15, 0.2) is 42.5 Å². The quantitative estimate of drug-likeness (QED) is 0.395. The van der Waals surface area contributed by atoms with E-state index in [1.165, 1.54) is 37.7 Å². The standard InChI is InChI=1S/C27H29F3/c1-3-5-22-16-21-14-15-23(26(29)24(21)27(30)25(22)28)20-12-10-19(11-13-20)18-8-6-17(4-2)7-9-18/h10-18H,3-9H2,1-2H3. The fourth-order valence-electron chi connectivity index (χ4n) is 4.95. The van der Waals surface area contributed by atoms with Gasteiger partial charge in [0, 0.05) is 5.56 Å². The Balaban J connectivity index is 1.65. The molecule has 0 bridgehead atoms. The highest BCUT2D eigenvalue weighted by atomic mass is 19.2. The van der Waals surface area contributed by atoms with Gasteiger partial charge in [-0.2, -0.15) is 0 Å². The van der Waals surface area contributed by atoms with Crippen LogP contribution in [0.25, 0.3) is 21.9 Å². The van der Waals surface area contributed by atoms with E-state index in [2.05, 4.69) is 19.1 Å². The first-order valence-electron chi connectivity index (χ1n) is 11.2. The molecule has 3 heteroatoms. The predicted octanol–water partition coefficient (Wildman–Crippen LogP) is 8.56. The molecule has 1 aliphatic carbocycles. The summed E-state index contributed by atoms with van der Waals surface area (Å²) in [6.45, 7) is 4.17. The van der Waals surface area contributed by atoms with E-state index in [0.717, 1.165) is 5.92 Å². The summed E-state index contributed by atoms with van der Waals surface area (Å²) in [5.74, 6) is -1.30. The molecule has 0 unspecified atom stereocenters. The van der Waals surface area contributed by atoms with E-state index in [1.807, 2.05) is 19.1 Å². The lowest BCUT2D eigenvalue weighted by atomic mass is 9.77. The van der Waals surface area contributed by atoms with Crippen molar-refractivity contribution in [1.29, 1.82) is 0 Å². The van der Waals surface area contributed by atoms with Gasteiger partial charge in [-0.3, -0.25) is 0 Å². The van der Waals surface area contributed by atoms with Crippen molar-refractivity contribution in [3.8, 4) is 11.1 Å². The largest absolute Gasteiger partial charge is 0.206 e. The topological polar surface area (TPSA) is 0 Å². The van der Waals surface area contributed by atoms with Gasteiger partial charge in [0.05, 0.1) is 5.39 Å². The van der Waals surface area contributed by atoms with Crippen molar-refractivity contribution in [2.45, 2.75) is 64.7 Å². The van der Waals surface area contributed by atoms with Crippen LogP contribution in [-0.2, 0) is 6.42 Å². The Hall–Kier alpha value is -2.29. The number of benzene rings is 3. The number of fused-ring (bicyclic) bond motifs is 1. The third kappa shape index (κ3) is 3.87. The lowest BCUT2D eigenvalue weighted by Gasteiger charge is -2.28. The molecule has 30 heavy (non-hydrogen) atoms. The minimum Gasteiger partial charge on any atom is -0.206 e. The van der Waals surface area contributed by atoms with Gasteiger partial charge in [0.2, 0.25) is 0 Å². The lowest BCUT2D eigenvalue weighted by Crippen LogP contribution is -2.12. The Labute approximate surface area is 177 Å². The average molecular weight is 411 g/mol. The van der Waals surface area contributed by atoms with Gasteiger partial charge in [-0.1, -0.05) is 63.1 Å². The zero-order valence-electron chi connectivity index (χ0n) is 17.8. The Kier molecular flexibility index (Phi) is 6.17. The summed E-state index contributed by atoms with van der Waals surface area (Å²) in [5.41, 5.74) is 2.59. The highest BCUT2D eigenvalue weighted by Crippen LogP contribution is 2.38. The first-order valence-corrected chi connectivity index (χ1v) is 11.2. The second-order valence-corrected chi connectivity index (χ2v) is 8.69. The Morgan fingerprint density at radius 3 is 2.13 bits per heavy atom. The first-order chi connectivity index (χ1) is 14.5. The maximum absolute atomic E-state index is 15.2. The minimum atomic E-state index is -1.08. The van der Waals surface area contributed by atoms with Crippen molar-refractivity contribution in [1.82, 2.24) is 0 Å². The molecule has 1 saturated carbocycles. The molecule has 4 rings (SSSR count). The van der Waals surface area contributed by atoms with E-state index >= 15 is 4.39 Å². The molecule has 0 aliphatic heterocycles. The normalized spacial score (nSPS) is 19.4. The van der Waals surface area contributed by atoms with Gasteiger partial charge in [0.25, 0.3) is 0 Å². The van der Waals surface area contributed by atoms with E-state index in [4.69, 9.17) is 0 Å². The maximum Gasteiger partial charge on any atom is 0.169 e. The van der Waals surface area contributed by atoms with E-state index < -0.39 is 17.5 Å².